The highest BCUT2D eigenvalue weighted by Crippen LogP contribution is 2.30. The van der Waals surface area contributed by atoms with Crippen molar-refractivity contribution in [1.82, 2.24) is 10.2 Å². The third-order valence-corrected chi connectivity index (χ3v) is 4.68. The van der Waals surface area contributed by atoms with Gasteiger partial charge in [0.15, 0.2) is 0 Å². The number of aliphatic carboxylic acids is 1. The Hall–Kier alpha value is -1.88. The summed E-state index contributed by atoms with van der Waals surface area (Å²) in [7, 11) is 0. The van der Waals surface area contributed by atoms with Crippen molar-refractivity contribution in [2.75, 3.05) is 19.6 Å². The first kappa shape index (κ1) is 18.5. The molecule has 0 aromatic heterocycles. The van der Waals surface area contributed by atoms with E-state index in [-0.39, 0.29) is 18.5 Å². The number of hydrogen-bond acceptors (Lipinski definition) is 3. The van der Waals surface area contributed by atoms with Crippen molar-refractivity contribution < 1.29 is 14.7 Å². The van der Waals surface area contributed by atoms with Crippen LogP contribution in [0.25, 0.3) is 0 Å². The second-order valence-corrected chi connectivity index (χ2v) is 7.49. The summed E-state index contributed by atoms with van der Waals surface area (Å²) in [5.74, 6) is -0.357. The predicted molar refractivity (Wildman–Crippen MR) is 93.6 cm³/mol. The predicted octanol–water partition coefficient (Wildman–Crippen LogP) is 2.69. The maximum absolute atomic E-state index is 12.4. The lowest BCUT2D eigenvalue weighted by Gasteiger charge is -2.24. The maximum Gasteiger partial charge on any atom is 0.310 e. The molecule has 5 nitrogen and oxygen atoms in total. The number of carbonyl (C=O) groups is 2. The van der Waals surface area contributed by atoms with Crippen molar-refractivity contribution >= 4 is 11.9 Å². The molecular weight excluding hydrogens is 304 g/mol. The highest BCUT2D eigenvalue weighted by atomic mass is 16.4. The summed E-state index contributed by atoms with van der Waals surface area (Å²) < 4.78 is 0. The van der Waals surface area contributed by atoms with E-state index in [1.165, 1.54) is 0 Å². The Morgan fingerprint density at radius 2 is 1.96 bits per heavy atom. The van der Waals surface area contributed by atoms with E-state index < -0.39 is 11.4 Å². The first-order valence-electron chi connectivity index (χ1n) is 8.60. The third kappa shape index (κ3) is 4.81. The molecule has 2 atom stereocenters. The molecule has 132 valence electrons. The molecule has 2 rings (SSSR count). The zero-order chi connectivity index (χ0) is 17.7. The van der Waals surface area contributed by atoms with Crippen LogP contribution in [0.2, 0.25) is 0 Å². The van der Waals surface area contributed by atoms with Crippen molar-refractivity contribution in [3.05, 3.63) is 35.9 Å². The number of hydrogen-bond donors (Lipinski definition) is 2. The second kappa shape index (κ2) is 7.79. The molecule has 24 heavy (non-hydrogen) atoms. The largest absolute Gasteiger partial charge is 0.481 e. The zero-order valence-corrected chi connectivity index (χ0v) is 14.8. The molecule has 0 spiro atoms. The van der Waals surface area contributed by atoms with Gasteiger partial charge in [0.05, 0.1) is 18.0 Å². The number of carbonyl (C=O) groups excluding carboxylic acids is 1. The van der Waals surface area contributed by atoms with Gasteiger partial charge in [-0.1, -0.05) is 44.2 Å². The normalized spacial score (nSPS) is 22.5. The Morgan fingerprint density at radius 3 is 2.50 bits per heavy atom. The highest BCUT2D eigenvalue weighted by Gasteiger charge is 2.40. The number of benzene rings is 1. The zero-order valence-electron chi connectivity index (χ0n) is 14.8. The van der Waals surface area contributed by atoms with Crippen LogP contribution in [0.15, 0.2) is 30.3 Å². The number of nitrogens with one attached hydrogen (secondary N) is 1. The number of carboxylic acid groups (broad SMARTS) is 1. The van der Waals surface area contributed by atoms with E-state index in [0.29, 0.717) is 25.4 Å². The first-order valence-corrected chi connectivity index (χ1v) is 8.60. The van der Waals surface area contributed by atoms with Crippen LogP contribution < -0.4 is 5.32 Å². The monoisotopic (exact) mass is 332 g/mol. The van der Waals surface area contributed by atoms with Gasteiger partial charge in [0.2, 0.25) is 5.91 Å². The minimum atomic E-state index is -0.785. The lowest BCUT2D eigenvalue weighted by atomic mass is 9.90. The number of likely N-dealkylation sites (tertiary alicyclic amines) is 1. The molecule has 1 fully saturated rings. The van der Waals surface area contributed by atoms with Crippen LogP contribution in [0.3, 0.4) is 0 Å². The van der Waals surface area contributed by atoms with E-state index in [1.54, 1.807) is 6.92 Å². The smallest absolute Gasteiger partial charge is 0.310 e. The topological polar surface area (TPSA) is 69.6 Å². The van der Waals surface area contributed by atoms with Crippen LogP contribution in [0, 0.1) is 11.3 Å². The van der Waals surface area contributed by atoms with Crippen LogP contribution >= 0.6 is 0 Å². The SMILES string of the molecule is CC(C)CC(NC(=O)CN1CCC(C)(C(=O)O)C1)c1ccccc1. The number of amides is 1. The van der Waals surface area contributed by atoms with Gasteiger partial charge in [-0.25, -0.2) is 0 Å². The molecule has 1 amide bonds. The summed E-state index contributed by atoms with van der Waals surface area (Å²) >= 11 is 0. The molecule has 0 radical (unpaired) electrons. The molecule has 1 aromatic carbocycles. The Balaban J connectivity index is 1.95. The molecule has 1 aliphatic rings. The molecule has 2 unspecified atom stereocenters. The maximum atomic E-state index is 12.4. The van der Waals surface area contributed by atoms with Gasteiger partial charge in [0, 0.05) is 6.54 Å². The van der Waals surface area contributed by atoms with E-state index in [2.05, 4.69) is 19.2 Å². The van der Waals surface area contributed by atoms with Gasteiger partial charge in [0.1, 0.15) is 0 Å². The summed E-state index contributed by atoms with van der Waals surface area (Å²) in [6.07, 6.45) is 1.46. The Bertz CT molecular complexity index is 573. The molecule has 1 saturated heterocycles. The van der Waals surface area contributed by atoms with Gasteiger partial charge in [-0.3, -0.25) is 14.5 Å². The third-order valence-electron chi connectivity index (χ3n) is 4.68. The summed E-state index contributed by atoms with van der Waals surface area (Å²) in [4.78, 5) is 25.7. The van der Waals surface area contributed by atoms with Crippen LogP contribution in [0.1, 0.15) is 45.2 Å². The van der Waals surface area contributed by atoms with Crippen LogP contribution in [0.4, 0.5) is 0 Å². The molecule has 1 aromatic rings. The molecule has 1 aliphatic heterocycles. The van der Waals surface area contributed by atoms with Gasteiger partial charge in [-0.15, -0.1) is 0 Å². The van der Waals surface area contributed by atoms with E-state index in [4.69, 9.17) is 0 Å². The molecule has 0 saturated carbocycles. The van der Waals surface area contributed by atoms with Crippen molar-refractivity contribution in [3.63, 3.8) is 0 Å². The minimum absolute atomic E-state index is 0.00726. The van der Waals surface area contributed by atoms with Gasteiger partial charge >= 0.3 is 5.97 Å². The lowest BCUT2D eigenvalue weighted by Crippen LogP contribution is -2.40. The Labute approximate surface area is 144 Å². The fraction of sp³-hybridized carbons (Fsp3) is 0.579. The molecule has 1 heterocycles. The first-order chi connectivity index (χ1) is 11.3. The lowest BCUT2D eigenvalue weighted by molar-refractivity contribution is -0.147. The Kier molecular flexibility index (Phi) is 5.99. The van der Waals surface area contributed by atoms with E-state index >= 15 is 0 Å². The summed E-state index contributed by atoms with van der Waals surface area (Å²) in [6, 6.07) is 9.98. The standard InChI is InChI=1S/C19H28N2O3/c1-14(2)11-16(15-7-5-4-6-8-15)20-17(22)12-21-10-9-19(3,13-21)18(23)24/h4-8,14,16H,9-13H2,1-3H3,(H,20,22)(H,23,24). The fourth-order valence-electron chi connectivity index (χ4n) is 3.24. The molecule has 0 bridgehead atoms. The quantitative estimate of drug-likeness (QED) is 0.805. The van der Waals surface area contributed by atoms with E-state index in [1.807, 2.05) is 35.2 Å². The van der Waals surface area contributed by atoms with Gasteiger partial charge in [-0.2, -0.15) is 0 Å². The van der Waals surface area contributed by atoms with Gasteiger partial charge in [-0.05, 0) is 37.8 Å². The van der Waals surface area contributed by atoms with Crippen molar-refractivity contribution in [3.8, 4) is 0 Å². The number of carboxylic acids is 1. The minimum Gasteiger partial charge on any atom is -0.481 e. The van der Waals surface area contributed by atoms with Crippen molar-refractivity contribution in [1.29, 1.82) is 0 Å². The van der Waals surface area contributed by atoms with Gasteiger partial charge < -0.3 is 10.4 Å². The average Bonchev–Trinajstić information content (AvgIpc) is 2.89. The van der Waals surface area contributed by atoms with Gasteiger partial charge in [0.25, 0.3) is 0 Å². The second-order valence-electron chi connectivity index (χ2n) is 7.49. The fourth-order valence-corrected chi connectivity index (χ4v) is 3.24. The Morgan fingerprint density at radius 1 is 1.29 bits per heavy atom. The van der Waals surface area contributed by atoms with Crippen molar-refractivity contribution in [2.45, 2.75) is 39.7 Å². The van der Waals surface area contributed by atoms with Crippen LogP contribution in [-0.4, -0.2) is 41.5 Å². The van der Waals surface area contributed by atoms with Crippen molar-refractivity contribution in [2.24, 2.45) is 11.3 Å². The summed E-state index contributed by atoms with van der Waals surface area (Å²) in [5.41, 5.74) is 0.369. The molecular formula is C19H28N2O3. The summed E-state index contributed by atoms with van der Waals surface area (Å²) in [5, 5.41) is 12.4. The molecule has 2 N–H and O–H groups in total. The van der Waals surface area contributed by atoms with Crippen LogP contribution in [-0.2, 0) is 9.59 Å². The number of nitrogens with zero attached hydrogens (tertiary/aromatic N) is 1. The summed E-state index contributed by atoms with van der Waals surface area (Å²) in [6.45, 7) is 7.36. The average molecular weight is 332 g/mol. The highest BCUT2D eigenvalue weighted by molar-refractivity contribution is 5.79. The number of rotatable bonds is 7. The molecule has 5 heteroatoms. The van der Waals surface area contributed by atoms with E-state index in [0.717, 1.165) is 12.0 Å². The van der Waals surface area contributed by atoms with Crippen LogP contribution in [0.5, 0.6) is 0 Å². The van der Waals surface area contributed by atoms with E-state index in [9.17, 15) is 14.7 Å². The molecule has 0 aliphatic carbocycles.